The number of allylic oxidation sites excluding steroid dienone is 1. The van der Waals surface area contributed by atoms with Gasteiger partial charge < -0.3 is 9.64 Å². The molecule has 1 unspecified atom stereocenters. The van der Waals surface area contributed by atoms with E-state index in [9.17, 15) is 9.59 Å². The van der Waals surface area contributed by atoms with Gasteiger partial charge in [0, 0.05) is 18.7 Å². The zero-order chi connectivity index (χ0) is 13.8. The lowest BCUT2D eigenvalue weighted by molar-refractivity contribution is -0.143. The number of methoxy groups -OCH3 is 1. The summed E-state index contributed by atoms with van der Waals surface area (Å²) in [6, 6.07) is 9.74. The summed E-state index contributed by atoms with van der Waals surface area (Å²) in [5.41, 5.74) is 1.58. The Morgan fingerprint density at radius 3 is 2.68 bits per heavy atom. The standard InChI is InChI=1S/C15H17NO3/c1-3-12-13(15(18)19-2)10-16(14(12)17)9-11-7-5-4-6-8-11/h3-8,13H,9-10H2,1-2H3/b12-3+. The van der Waals surface area contributed by atoms with Crippen molar-refractivity contribution >= 4 is 11.9 Å². The Hall–Kier alpha value is -2.10. The number of hydrogen-bond acceptors (Lipinski definition) is 3. The Morgan fingerprint density at radius 1 is 1.42 bits per heavy atom. The van der Waals surface area contributed by atoms with E-state index in [1.54, 1.807) is 17.9 Å². The van der Waals surface area contributed by atoms with Crippen LogP contribution in [0, 0.1) is 5.92 Å². The van der Waals surface area contributed by atoms with E-state index in [4.69, 9.17) is 4.74 Å². The second kappa shape index (κ2) is 5.69. The van der Waals surface area contributed by atoms with Gasteiger partial charge in [-0.3, -0.25) is 9.59 Å². The van der Waals surface area contributed by atoms with Crippen LogP contribution in [0.25, 0.3) is 0 Å². The monoisotopic (exact) mass is 259 g/mol. The molecule has 4 heteroatoms. The third-order valence-corrected chi connectivity index (χ3v) is 3.33. The molecular weight excluding hydrogens is 242 g/mol. The SMILES string of the molecule is C/C=C1/C(=O)N(Cc2ccccc2)CC1C(=O)OC. The highest BCUT2D eigenvalue weighted by molar-refractivity contribution is 6.02. The number of hydrogen-bond donors (Lipinski definition) is 0. The van der Waals surface area contributed by atoms with E-state index in [2.05, 4.69) is 0 Å². The third-order valence-electron chi connectivity index (χ3n) is 3.33. The van der Waals surface area contributed by atoms with Crippen LogP contribution < -0.4 is 0 Å². The van der Waals surface area contributed by atoms with Gasteiger partial charge in [-0.25, -0.2) is 0 Å². The molecule has 1 aliphatic rings. The minimum Gasteiger partial charge on any atom is -0.468 e. The first kappa shape index (κ1) is 13.3. The number of carbonyl (C=O) groups excluding carboxylic acids is 2. The average molecular weight is 259 g/mol. The molecule has 0 saturated carbocycles. The Morgan fingerprint density at radius 2 is 2.11 bits per heavy atom. The molecule has 1 atom stereocenters. The fourth-order valence-electron chi connectivity index (χ4n) is 2.34. The first-order chi connectivity index (χ1) is 9.17. The van der Waals surface area contributed by atoms with Crippen LogP contribution in [0.3, 0.4) is 0 Å². The third kappa shape index (κ3) is 2.67. The van der Waals surface area contributed by atoms with Gasteiger partial charge in [-0.1, -0.05) is 36.4 Å². The molecule has 100 valence electrons. The first-order valence-corrected chi connectivity index (χ1v) is 6.24. The Bertz CT molecular complexity index is 507. The lowest BCUT2D eigenvalue weighted by Crippen LogP contribution is -2.26. The molecule has 0 spiro atoms. The molecule has 1 aromatic rings. The van der Waals surface area contributed by atoms with Gasteiger partial charge in [0.2, 0.25) is 0 Å². The maximum Gasteiger partial charge on any atom is 0.315 e. The number of rotatable bonds is 3. The number of amides is 1. The number of likely N-dealkylation sites (tertiary alicyclic amines) is 1. The fraction of sp³-hybridized carbons (Fsp3) is 0.333. The molecule has 0 radical (unpaired) electrons. The zero-order valence-electron chi connectivity index (χ0n) is 11.1. The molecule has 1 aromatic carbocycles. The van der Waals surface area contributed by atoms with Gasteiger partial charge in [-0.15, -0.1) is 0 Å². The molecule has 1 fully saturated rings. The van der Waals surface area contributed by atoms with Gasteiger partial charge >= 0.3 is 5.97 Å². The van der Waals surface area contributed by atoms with Gasteiger partial charge in [0.05, 0.1) is 7.11 Å². The van der Waals surface area contributed by atoms with Crippen molar-refractivity contribution in [2.45, 2.75) is 13.5 Å². The van der Waals surface area contributed by atoms with Crippen LogP contribution in [-0.4, -0.2) is 30.4 Å². The summed E-state index contributed by atoms with van der Waals surface area (Å²) >= 11 is 0. The van der Waals surface area contributed by atoms with E-state index in [1.165, 1.54) is 7.11 Å². The lowest BCUT2D eigenvalue weighted by atomic mass is 10.0. The zero-order valence-corrected chi connectivity index (χ0v) is 11.1. The van der Waals surface area contributed by atoms with Gasteiger partial charge in [-0.2, -0.15) is 0 Å². The topological polar surface area (TPSA) is 46.6 Å². The highest BCUT2D eigenvalue weighted by Crippen LogP contribution is 2.26. The largest absolute Gasteiger partial charge is 0.468 e. The van der Waals surface area contributed by atoms with Crippen LogP contribution in [0.5, 0.6) is 0 Å². The average Bonchev–Trinajstić information content (AvgIpc) is 2.76. The van der Waals surface area contributed by atoms with E-state index in [1.807, 2.05) is 30.3 Å². The summed E-state index contributed by atoms with van der Waals surface area (Å²) in [4.78, 5) is 25.6. The maximum atomic E-state index is 12.2. The van der Waals surface area contributed by atoms with Crippen LogP contribution in [0.2, 0.25) is 0 Å². The second-order valence-electron chi connectivity index (χ2n) is 4.49. The Kier molecular flexibility index (Phi) is 4.00. The van der Waals surface area contributed by atoms with E-state index in [0.717, 1.165) is 5.56 Å². The molecule has 0 aromatic heterocycles. The highest BCUT2D eigenvalue weighted by Gasteiger charge is 2.39. The van der Waals surface area contributed by atoms with Crippen molar-refractivity contribution in [3.05, 3.63) is 47.5 Å². The van der Waals surface area contributed by atoms with Crippen molar-refractivity contribution in [1.29, 1.82) is 0 Å². The predicted octanol–water partition coefficient (Wildman–Crippen LogP) is 1.76. The summed E-state index contributed by atoms with van der Waals surface area (Å²) in [6.45, 7) is 2.68. The van der Waals surface area contributed by atoms with Crippen molar-refractivity contribution < 1.29 is 14.3 Å². The molecule has 1 heterocycles. The van der Waals surface area contributed by atoms with Crippen LogP contribution in [0.1, 0.15) is 12.5 Å². The second-order valence-corrected chi connectivity index (χ2v) is 4.49. The summed E-state index contributed by atoms with van der Waals surface area (Å²) < 4.78 is 4.75. The number of nitrogens with zero attached hydrogens (tertiary/aromatic N) is 1. The van der Waals surface area contributed by atoms with E-state index in [-0.39, 0.29) is 11.9 Å². The minimum absolute atomic E-state index is 0.0817. The highest BCUT2D eigenvalue weighted by atomic mass is 16.5. The summed E-state index contributed by atoms with van der Waals surface area (Å²) in [5, 5.41) is 0. The summed E-state index contributed by atoms with van der Waals surface area (Å²) in [5.74, 6) is -0.898. The molecule has 1 aliphatic heterocycles. The van der Waals surface area contributed by atoms with Gasteiger partial charge in [0.15, 0.2) is 0 Å². The molecule has 0 N–H and O–H groups in total. The molecule has 0 bridgehead atoms. The molecule has 1 saturated heterocycles. The molecule has 4 nitrogen and oxygen atoms in total. The number of ether oxygens (including phenoxy) is 1. The smallest absolute Gasteiger partial charge is 0.315 e. The molecule has 19 heavy (non-hydrogen) atoms. The molecular formula is C15H17NO3. The van der Waals surface area contributed by atoms with E-state index < -0.39 is 5.92 Å². The quantitative estimate of drug-likeness (QED) is 0.614. The van der Waals surface area contributed by atoms with Crippen molar-refractivity contribution in [3.8, 4) is 0 Å². The van der Waals surface area contributed by atoms with Crippen molar-refractivity contribution in [1.82, 2.24) is 4.90 Å². The van der Waals surface area contributed by atoms with Gasteiger partial charge in [0.25, 0.3) is 5.91 Å². The van der Waals surface area contributed by atoms with E-state index >= 15 is 0 Å². The lowest BCUT2D eigenvalue weighted by Gasteiger charge is -2.15. The predicted molar refractivity (Wildman–Crippen MR) is 71.1 cm³/mol. The molecule has 2 rings (SSSR count). The van der Waals surface area contributed by atoms with Crippen LogP contribution >= 0.6 is 0 Å². The van der Waals surface area contributed by atoms with E-state index in [0.29, 0.717) is 18.7 Å². The summed E-state index contributed by atoms with van der Waals surface area (Å²) in [6.07, 6.45) is 1.70. The number of benzene rings is 1. The minimum atomic E-state index is -0.466. The summed E-state index contributed by atoms with van der Waals surface area (Å²) in [7, 11) is 1.35. The van der Waals surface area contributed by atoms with Crippen molar-refractivity contribution in [2.75, 3.05) is 13.7 Å². The van der Waals surface area contributed by atoms with Crippen molar-refractivity contribution in [2.24, 2.45) is 5.92 Å². The number of carbonyl (C=O) groups is 2. The molecule has 1 amide bonds. The normalized spacial score (nSPS) is 20.9. The van der Waals surface area contributed by atoms with Crippen LogP contribution in [0.15, 0.2) is 42.0 Å². The first-order valence-electron chi connectivity index (χ1n) is 6.24. The number of esters is 1. The van der Waals surface area contributed by atoms with Gasteiger partial charge in [0.1, 0.15) is 5.92 Å². The van der Waals surface area contributed by atoms with Gasteiger partial charge in [-0.05, 0) is 12.5 Å². The fourth-order valence-corrected chi connectivity index (χ4v) is 2.34. The Labute approximate surface area is 112 Å². The maximum absolute atomic E-state index is 12.2. The van der Waals surface area contributed by atoms with Crippen molar-refractivity contribution in [3.63, 3.8) is 0 Å². The molecule has 0 aliphatic carbocycles. The Balaban J connectivity index is 2.16. The van der Waals surface area contributed by atoms with Crippen LogP contribution in [0.4, 0.5) is 0 Å². The van der Waals surface area contributed by atoms with Crippen LogP contribution in [-0.2, 0) is 20.9 Å².